The highest BCUT2D eigenvalue weighted by Gasteiger charge is 2.07. The number of hydrogen-bond donors (Lipinski definition) is 3. The maximum absolute atomic E-state index is 5.36. The van der Waals surface area contributed by atoms with Gasteiger partial charge in [-0.1, -0.05) is 0 Å². The smallest absolute Gasteiger partial charge is 0.310 e. The predicted octanol–water partition coefficient (Wildman–Crippen LogP) is -2.12. The highest BCUT2D eigenvalue weighted by molar-refractivity contribution is 5.70. The molecule has 0 unspecified atom stereocenters. The van der Waals surface area contributed by atoms with E-state index in [2.05, 4.69) is 5.32 Å². The average molecular weight is 129 g/mol. The van der Waals surface area contributed by atoms with Crippen LogP contribution in [0.4, 0.5) is 0 Å². The number of nitrogens with two attached hydrogens (primary N) is 2. The van der Waals surface area contributed by atoms with E-state index in [9.17, 15) is 0 Å². The Hall–Kier alpha value is -0.770. The van der Waals surface area contributed by atoms with Gasteiger partial charge in [0.1, 0.15) is 0 Å². The lowest BCUT2D eigenvalue weighted by atomic mass is 10.4. The zero-order valence-electron chi connectivity index (χ0n) is 5.43. The normalized spacial score (nSPS) is 19.8. The SMILES string of the molecule is NC(N)=[N+]1CCNCC1. The summed E-state index contributed by atoms with van der Waals surface area (Å²) in [6.07, 6.45) is 0. The van der Waals surface area contributed by atoms with Gasteiger partial charge in [0, 0.05) is 13.1 Å². The Morgan fingerprint density at radius 3 is 2.11 bits per heavy atom. The molecule has 0 aromatic rings. The predicted molar refractivity (Wildman–Crippen MR) is 36.2 cm³/mol. The Balaban J connectivity index is 2.49. The van der Waals surface area contributed by atoms with E-state index in [4.69, 9.17) is 11.5 Å². The lowest BCUT2D eigenvalue weighted by Gasteiger charge is -2.15. The molecule has 1 aliphatic rings. The fraction of sp³-hybridized carbons (Fsp3) is 0.800. The average Bonchev–Trinajstić information content (AvgIpc) is 1.90. The molecule has 0 radical (unpaired) electrons. The second kappa shape index (κ2) is 2.68. The fourth-order valence-electron chi connectivity index (χ4n) is 0.923. The third kappa shape index (κ3) is 1.57. The van der Waals surface area contributed by atoms with Gasteiger partial charge in [-0.05, 0) is 0 Å². The van der Waals surface area contributed by atoms with E-state index in [-0.39, 0.29) is 0 Å². The molecule has 0 amide bonds. The molecule has 1 rings (SSSR count). The summed E-state index contributed by atoms with van der Waals surface area (Å²) in [5, 5.41) is 3.20. The van der Waals surface area contributed by atoms with Crippen molar-refractivity contribution >= 4 is 5.96 Å². The summed E-state index contributed by atoms with van der Waals surface area (Å²) in [6, 6.07) is 0. The minimum absolute atomic E-state index is 0.441. The van der Waals surface area contributed by atoms with Crippen molar-refractivity contribution in [1.82, 2.24) is 5.32 Å². The molecule has 0 saturated carbocycles. The van der Waals surface area contributed by atoms with Crippen molar-refractivity contribution in [2.24, 2.45) is 11.5 Å². The van der Waals surface area contributed by atoms with Gasteiger partial charge in [-0.3, -0.25) is 16.0 Å². The molecule has 9 heavy (non-hydrogen) atoms. The standard InChI is InChI=1S/C5H12N4/c6-5(7)9-3-1-8-2-4-9/h8H,1-4H2,(H3,6,7)/p+1. The van der Waals surface area contributed by atoms with Gasteiger partial charge < -0.3 is 5.32 Å². The lowest BCUT2D eigenvalue weighted by molar-refractivity contribution is -0.533. The van der Waals surface area contributed by atoms with Crippen LogP contribution in [0.15, 0.2) is 0 Å². The molecule has 0 spiro atoms. The lowest BCUT2D eigenvalue weighted by Crippen LogP contribution is -2.46. The van der Waals surface area contributed by atoms with Gasteiger partial charge in [-0.2, -0.15) is 0 Å². The first kappa shape index (κ1) is 6.35. The van der Waals surface area contributed by atoms with Gasteiger partial charge in [-0.15, -0.1) is 0 Å². The highest BCUT2D eigenvalue weighted by atomic mass is 15.2. The topological polar surface area (TPSA) is 67.1 Å². The molecule has 5 N–H and O–H groups in total. The first-order chi connectivity index (χ1) is 4.30. The second-order valence-electron chi connectivity index (χ2n) is 2.16. The van der Waals surface area contributed by atoms with Crippen LogP contribution in [0, 0.1) is 0 Å². The molecule has 0 atom stereocenters. The number of piperazine rings is 1. The van der Waals surface area contributed by atoms with Gasteiger partial charge >= 0.3 is 5.96 Å². The minimum Gasteiger partial charge on any atom is -0.310 e. The van der Waals surface area contributed by atoms with Gasteiger partial charge in [0.15, 0.2) is 0 Å². The number of nitrogens with one attached hydrogen (secondary N) is 1. The minimum atomic E-state index is 0.441. The van der Waals surface area contributed by atoms with E-state index < -0.39 is 0 Å². The van der Waals surface area contributed by atoms with E-state index in [1.165, 1.54) is 0 Å². The molecule has 4 heteroatoms. The number of nitrogens with zero attached hydrogens (tertiary/aromatic N) is 1. The summed E-state index contributed by atoms with van der Waals surface area (Å²) in [4.78, 5) is 0. The molecule has 1 aliphatic heterocycles. The van der Waals surface area contributed by atoms with Crippen molar-refractivity contribution in [3.63, 3.8) is 0 Å². The Morgan fingerprint density at radius 2 is 1.78 bits per heavy atom. The third-order valence-electron chi connectivity index (χ3n) is 1.48. The van der Waals surface area contributed by atoms with Crippen LogP contribution in [-0.4, -0.2) is 36.7 Å². The molecule has 1 fully saturated rings. The van der Waals surface area contributed by atoms with Gasteiger partial charge in [0.05, 0.1) is 13.1 Å². The molecule has 0 aromatic carbocycles. The van der Waals surface area contributed by atoms with Crippen LogP contribution in [-0.2, 0) is 0 Å². The first-order valence-corrected chi connectivity index (χ1v) is 3.14. The fourth-order valence-corrected chi connectivity index (χ4v) is 0.923. The first-order valence-electron chi connectivity index (χ1n) is 3.14. The van der Waals surface area contributed by atoms with E-state index >= 15 is 0 Å². The van der Waals surface area contributed by atoms with Gasteiger partial charge in [-0.25, -0.2) is 0 Å². The van der Waals surface area contributed by atoms with E-state index in [0.29, 0.717) is 5.96 Å². The van der Waals surface area contributed by atoms with E-state index in [0.717, 1.165) is 26.2 Å². The van der Waals surface area contributed by atoms with Crippen molar-refractivity contribution in [2.45, 2.75) is 0 Å². The second-order valence-corrected chi connectivity index (χ2v) is 2.16. The monoisotopic (exact) mass is 129 g/mol. The molecule has 1 heterocycles. The number of rotatable bonds is 0. The Bertz CT molecular complexity index is 117. The van der Waals surface area contributed by atoms with Gasteiger partial charge in [0.25, 0.3) is 0 Å². The molecule has 0 bridgehead atoms. The van der Waals surface area contributed by atoms with Gasteiger partial charge in [0.2, 0.25) is 0 Å². The summed E-state index contributed by atoms with van der Waals surface area (Å²) < 4.78 is 1.97. The van der Waals surface area contributed by atoms with Crippen molar-refractivity contribution in [2.75, 3.05) is 26.2 Å². The van der Waals surface area contributed by atoms with Crippen molar-refractivity contribution in [3.8, 4) is 0 Å². The summed E-state index contributed by atoms with van der Waals surface area (Å²) in [6.45, 7) is 3.83. The van der Waals surface area contributed by atoms with Crippen LogP contribution in [0.2, 0.25) is 0 Å². The van der Waals surface area contributed by atoms with Crippen LogP contribution in [0.25, 0.3) is 0 Å². The van der Waals surface area contributed by atoms with E-state index in [1.54, 1.807) is 0 Å². The van der Waals surface area contributed by atoms with E-state index in [1.807, 2.05) is 4.58 Å². The van der Waals surface area contributed by atoms with Crippen LogP contribution in [0.5, 0.6) is 0 Å². The molecule has 52 valence electrons. The van der Waals surface area contributed by atoms with Crippen molar-refractivity contribution < 1.29 is 4.58 Å². The van der Waals surface area contributed by atoms with Crippen LogP contribution in [0.3, 0.4) is 0 Å². The zero-order chi connectivity index (χ0) is 6.69. The summed E-state index contributed by atoms with van der Waals surface area (Å²) >= 11 is 0. The quantitative estimate of drug-likeness (QED) is 0.259. The summed E-state index contributed by atoms with van der Waals surface area (Å²) in [5.41, 5.74) is 10.7. The summed E-state index contributed by atoms with van der Waals surface area (Å²) in [7, 11) is 0. The maximum atomic E-state index is 5.36. The molecule has 0 aliphatic carbocycles. The Labute approximate surface area is 54.5 Å². The molecular formula is C5H13N4+. The zero-order valence-corrected chi connectivity index (χ0v) is 5.43. The maximum Gasteiger partial charge on any atom is 0.341 e. The molecule has 4 nitrogen and oxygen atoms in total. The Kier molecular flexibility index (Phi) is 1.89. The van der Waals surface area contributed by atoms with Crippen molar-refractivity contribution in [3.05, 3.63) is 0 Å². The third-order valence-corrected chi connectivity index (χ3v) is 1.48. The Morgan fingerprint density at radius 1 is 1.22 bits per heavy atom. The highest BCUT2D eigenvalue weighted by Crippen LogP contribution is 1.79. The molecule has 1 saturated heterocycles. The summed E-state index contributed by atoms with van der Waals surface area (Å²) in [5.74, 6) is 0.441. The van der Waals surface area contributed by atoms with Crippen molar-refractivity contribution in [1.29, 1.82) is 0 Å². The molecular weight excluding hydrogens is 116 g/mol. The molecule has 0 aromatic heterocycles. The van der Waals surface area contributed by atoms with Crippen LogP contribution >= 0.6 is 0 Å². The number of hydrogen-bond acceptors (Lipinski definition) is 1. The van der Waals surface area contributed by atoms with Crippen LogP contribution < -0.4 is 16.8 Å². The largest absolute Gasteiger partial charge is 0.341 e. The van der Waals surface area contributed by atoms with Crippen LogP contribution in [0.1, 0.15) is 0 Å². The number of guanidine groups is 1.